The molecule has 0 atom stereocenters. The van der Waals surface area contributed by atoms with Crippen molar-refractivity contribution in [3.05, 3.63) is 29.1 Å². The summed E-state index contributed by atoms with van der Waals surface area (Å²) in [5.74, 6) is 0. The summed E-state index contributed by atoms with van der Waals surface area (Å²) in [5.41, 5.74) is 4.35. The van der Waals surface area contributed by atoms with Gasteiger partial charge in [0, 0.05) is 11.9 Å². The molecular weight excluding hydrogens is 170 g/mol. The van der Waals surface area contributed by atoms with E-state index >= 15 is 0 Å². The van der Waals surface area contributed by atoms with Crippen LogP contribution >= 0.6 is 0 Å². The Morgan fingerprint density at radius 3 is 2.57 bits per heavy atom. The van der Waals surface area contributed by atoms with E-state index < -0.39 is 0 Å². The summed E-state index contributed by atoms with van der Waals surface area (Å²) < 4.78 is 0. The van der Waals surface area contributed by atoms with Crippen LogP contribution in [0.5, 0.6) is 0 Å². The zero-order chi connectivity index (χ0) is 9.80. The van der Waals surface area contributed by atoms with Crippen LogP contribution in [-0.4, -0.2) is 4.98 Å². The molecule has 1 aromatic heterocycles. The standard InChI is InChI=1S/C13H19N/c1-11-9-10-14-13-8-6-4-2-3-5-7-12(11)13/h9-10H,2-8H2,1H3. The van der Waals surface area contributed by atoms with Crippen molar-refractivity contribution in [2.45, 2.75) is 51.9 Å². The Kier molecular flexibility index (Phi) is 3.18. The van der Waals surface area contributed by atoms with Crippen LogP contribution < -0.4 is 0 Å². The summed E-state index contributed by atoms with van der Waals surface area (Å²) in [6.07, 6.45) is 11.3. The Morgan fingerprint density at radius 1 is 1.00 bits per heavy atom. The van der Waals surface area contributed by atoms with E-state index in [0.717, 1.165) is 0 Å². The highest BCUT2D eigenvalue weighted by Crippen LogP contribution is 2.20. The van der Waals surface area contributed by atoms with Gasteiger partial charge in [0.05, 0.1) is 0 Å². The average molecular weight is 189 g/mol. The highest BCUT2D eigenvalue weighted by atomic mass is 14.7. The van der Waals surface area contributed by atoms with Crippen molar-refractivity contribution in [1.29, 1.82) is 0 Å². The monoisotopic (exact) mass is 189 g/mol. The van der Waals surface area contributed by atoms with Crippen LogP contribution in [0, 0.1) is 6.92 Å². The van der Waals surface area contributed by atoms with Gasteiger partial charge in [0.2, 0.25) is 0 Å². The van der Waals surface area contributed by atoms with E-state index in [0.29, 0.717) is 0 Å². The molecule has 1 aromatic rings. The van der Waals surface area contributed by atoms with Crippen molar-refractivity contribution in [3.63, 3.8) is 0 Å². The highest BCUT2D eigenvalue weighted by molar-refractivity contribution is 5.29. The maximum absolute atomic E-state index is 4.52. The lowest BCUT2D eigenvalue weighted by Gasteiger charge is -2.09. The van der Waals surface area contributed by atoms with Crippen molar-refractivity contribution in [1.82, 2.24) is 4.98 Å². The minimum absolute atomic E-state index is 1.19. The number of hydrogen-bond donors (Lipinski definition) is 0. The summed E-state index contributed by atoms with van der Waals surface area (Å²) in [6.45, 7) is 2.22. The molecule has 0 radical (unpaired) electrons. The Bertz CT molecular complexity index is 304. The van der Waals surface area contributed by atoms with E-state index in [4.69, 9.17) is 0 Å². The lowest BCUT2D eigenvalue weighted by atomic mass is 10.0. The predicted molar refractivity (Wildman–Crippen MR) is 59.5 cm³/mol. The van der Waals surface area contributed by atoms with Crippen molar-refractivity contribution in [2.24, 2.45) is 0 Å². The number of nitrogens with zero attached hydrogens (tertiary/aromatic N) is 1. The quantitative estimate of drug-likeness (QED) is 0.609. The topological polar surface area (TPSA) is 12.9 Å². The fraction of sp³-hybridized carbons (Fsp3) is 0.615. The first-order valence-corrected chi connectivity index (χ1v) is 5.81. The summed E-state index contributed by atoms with van der Waals surface area (Å²) >= 11 is 0. The van der Waals surface area contributed by atoms with Crippen LogP contribution in [-0.2, 0) is 12.8 Å². The summed E-state index contributed by atoms with van der Waals surface area (Å²) in [5, 5.41) is 0. The first-order chi connectivity index (χ1) is 6.88. The Morgan fingerprint density at radius 2 is 1.71 bits per heavy atom. The Balaban J connectivity index is 2.26. The second kappa shape index (κ2) is 4.59. The number of aryl methyl sites for hydroxylation is 2. The van der Waals surface area contributed by atoms with E-state index in [2.05, 4.69) is 18.0 Å². The normalized spacial score (nSPS) is 17.8. The highest BCUT2D eigenvalue weighted by Gasteiger charge is 2.08. The van der Waals surface area contributed by atoms with Crippen LogP contribution in [0.25, 0.3) is 0 Å². The van der Waals surface area contributed by atoms with Gasteiger partial charge in [0.15, 0.2) is 0 Å². The Hall–Kier alpha value is -0.850. The van der Waals surface area contributed by atoms with Gasteiger partial charge in [-0.3, -0.25) is 4.98 Å². The second-order valence-corrected chi connectivity index (χ2v) is 4.32. The van der Waals surface area contributed by atoms with Crippen LogP contribution in [0.4, 0.5) is 0 Å². The van der Waals surface area contributed by atoms with Gasteiger partial charge in [0.25, 0.3) is 0 Å². The van der Waals surface area contributed by atoms with Gasteiger partial charge in [-0.05, 0) is 49.8 Å². The fourth-order valence-electron chi connectivity index (χ4n) is 2.33. The van der Waals surface area contributed by atoms with E-state index in [1.807, 2.05) is 6.20 Å². The average Bonchev–Trinajstić information content (AvgIpc) is 2.30. The minimum Gasteiger partial charge on any atom is -0.261 e. The van der Waals surface area contributed by atoms with Crippen LogP contribution in [0.15, 0.2) is 12.3 Å². The Labute approximate surface area is 86.6 Å². The van der Waals surface area contributed by atoms with E-state index in [9.17, 15) is 0 Å². The number of hydrogen-bond acceptors (Lipinski definition) is 1. The molecule has 0 N–H and O–H groups in total. The molecule has 76 valence electrons. The maximum Gasteiger partial charge on any atom is 0.0438 e. The van der Waals surface area contributed by atoms with E-state index in [1.165, 1.54) is 61.8 Å². The molecule has 1 aliphatic carbocycles. The minimum atomic E-state index is 1.19. The van der Waals surface area contributed by atoms with E-state index in [1.54, 1.807) is 0 Å². The summed E-state index contributed by atoms with van der Waals surface area (Å²) in [7, 11) is 0. The fourth-order valence-corrected chi connectivity index (χ4v) is 2.33. The third-order valence-corrected chi connectivity index (χ3v) is 3.22. The predicted octanol–water partition coefficient (Wildman–Crippen LogP) is 3.44. The first kappa shape index (κ1) is 9.70. The summed E-state index contributed by atoms with van der Waals surface area (Å²) in [4.78, 5) is 4.52. The zero-order valence-electron chi connectivity index (χ0n) is 9.05. The van der Waals surface area contributed by atoms with Crippen molar-refractivity contribution >= 4 is 0 Å². The SMILES string of the molecule is Cc1ccnc2c1CCCCCCC2. The molecule has 0 unspecified atom stereocenters. The molecule has 0 amide bonds. The number of aromatic nitrogens is 1. The van der Waals surface area contributed by atoms with Crippen LogP contribution in [0.3, 0.4) is 0 Å². The second-order valence-electron chi connectivity index (χ2n) is 4.32. The van der Waals surface area contributed by atoms with E-state index in [-0.39, 0.29) is 0 Å². The molecule has 0 saturated carbocycles. The maximum atomic E-state index is 4.52. The van der Waals surface area contributed by atoms with Gasteiger partial charge < -0.3 is 0 Å². The smallest absolute Gasteiger partial charge is 0.0438 e. The van der Waals surface area contributed by atoms with Gasteiger partial charge in [-0.1, -0.05) is 19.3 Å². The lowest BCUT2D eigenvalue weighted by Crippen LogP contribution is -1.99. The number of rotatable bonds is 0. The molecule has 1 heteroatoms. The number of fused-ring (bicyclic) bond motifs is 1. The molecule has 1 aliphatic rings. The molecule has 1 heterocycles. The van der Waals surface area contributed by atoms with Crippen LogP contribution in [0.1, 0.15) is 48.9 Å². The van der Waals surface area contributed by atoms with Crippen molar-refractivity contribution in [3.8, 4) is 0 Å². The van der Waals surface area contributed by atoms with Gasteiger partial charge in [-0.15, -0.1) is 0 Å². The number of pyridine rings is 1. The van der Waals surface area contributed by atoms with Gasteiger partial charge in [-0.2, -0.15) is 0 Å². The molecule has 0 aliphatic heterocycles. The molecule has 0 fully saturated rings. The van der Waals surface area contributed by atoms with Gasteiger partial charge in [-0.25, -0.2) is 0 Å². The van der Waals surface area contributed by atoms with Gasteiger partial charge in [0.1, 0.15) is 0 Å². The molecule has 0 bridgehead atoms. The molecular formula is C13H19N. The summed E-state index contributed by atoms with van der Waals surface area (Å²) in [6, 6.07) is 2.15. The molecule has 0 aromatic carbocycles. The zero-order valence-corrected chi connectivity index (χ0v) is 9.05. The van der Waals surface area contributed by atoms with Crippen molar-refractivity contribution in [2.75, 3.05) is 0 Å². The third kappa shape index (κ3) is 2.14. The first-order valence-electron chi connectivity index (χ1n) is 5.81. The van der Waals surface area contributed by atoms with Crippen LogP contribution in [0.2, 0.25) is 0 Å². The third-order valence-electron chi connectivity index (χ3n) is 3.22. The van der Waals surface area contributed by atoms with Gasteiger partial charge >= 0.3 is 0 Å². The largest absolute Gasteiger partial charge is 0.261 e. The molecule has 14 heavy (non-hydrogen) atoms. The molecule has 1 nitrogen and oxygen atoms in total. The van der Waals surface area contributed by atoms with Crippen molar-refractivity contribution < 1.29 is 0 Å². The lowest BCUT2D eigenvalue weighted by molar-refractivity contribution is 0.628. The molecule has 0 saturated heterocycles. The molecule has 2 rings (SSSR count). The molecule has 0 spiro atoms.